The highest BCUT2D eigenvalue weighted by Crippen LogP contribution is 2.09. The first-order chi connectivity index (χ1) is 13.4. The molecular weight excluding hydrogens is 475 g/mol. The van der Waals surface area contributed by atoms with Crippen molar-refractivity contribution in [1.29, 1.82) is 0 Å². The fourth-order valence-electron chi connectivity index (χ4n) is 3.43. The van der Waals surface area contributed by atoms with E-state index in [1.54, 1.807) is 0 Å². The Bertz CT molecular complexity index is 745. The summed E-state index contributed by atoms with van der Waals surface area (Å²) in [6.07, 6.45) is 3.86. The molecule has 1 aromatic carbocycles. The van der Waals surface area contributed by atoms with E-state index in [4.69, 9.17) is 0 Å². The second-order valence-electron chi connectivity index (χ2n) is 7.70. The van der Waals surface area contributed by atoms with E-state index < -0.39 is 0 Å². The monoisotopic (exact) mass is 512 g/mol. The predicted molar refractivity (Wildman–Crippen MR) is 133 cm³/mol. The van der Waals surface area contributed by atoms with Gasteiger partial charge >= 0.3 is 0 Å². The molecule has 0 atom stereocenters. The van der Waals surface area contributed by atoms with Gasteiger partial charge in [0.15, 0.2) is 5.96 Å². The molecule has 0 aliphatic carbocycles. The third-order valence-electron chi connectivity index (χ3n) is 4.94. The molecule has 0 radical (unpaired) electrons. The minimum Gasteiger partial charge on any atom is -0.355 e. The zero-order valence-electron chi connectivity index (χ0n) is 18.6. The van der Waals surface area contributed by atoms with E-state index >= 15 is 0 Å². The Hall–Kier alpha value is -1.61. The molecule has 2 rings (SSSR count). The summed E-state index contributed by atoms with van der Waals surface area (Å²) in [4.78, 5) is 11.1. The molecule has 6 nitrogen and oxygen atoms in total. The van der Waals surface area contributed by atoms with Crippen LogP contribution in [-0.4, -0.2) is 52.6 Å². The Morgan fingerprint density at radius 1 is 1.14 bits per heavy atom. The van der Waals surface area contributed by atoms with Gasteiger partial charge in [-0.1, -0.05) is 24.3 Å². The van der Waals surface area contributed by atoms with Crippen LogP contribution in [0.5, 0.6) is 0 Å². The van der Waals surface area contributed by atoms with Crippen LogP contribution in [0.15, 0.2) is 41.7 Å². The minimum atomic E-state index is 0. The van der Waals surface area contributed by atoms with Gasteiger partial charge in [-0.2, -0.15) is 0 Å². The minimum absolute atomic E-state index is 0. The van der Waals surface area contributed by atoms with Crippen LogP contribution in [0.3, 0.4) is 0 Å². The summed E-state index contributed by atoms with van der Waals surface area (Å²) in [6, 6.07) is 9.72. The van der Waals surface area contributed by atoms with Crippen molar-refractivity contribution in [2.24, 2.45) is 4.99 Å². The molecule has 0 aliphatic rings. The largest absolute Gasteiger partial charge is 0.355 e. The lowest BCUT2D eigenvalue weighted by Gasteiger charge is -2.30. The predicted octanol–water partition coefficient (Wildman–Crippen LogP) is 3.64. The van der Waals surface area contributed by atoms with Gasteiger partial charge in [-0.15, -0.1) is 24.0 Å². The average molecular weight is 512 g/mol. The quantitative estimate of drug-likeness (QED) is 0.306. The highest BCUT2D eigenvalue weighted by Gasteiger charge is 2.12. The summed E-state index contributed by atoms with van der Waals surface area (Å²) in [5, 5.41) is 6.84. The molecule has 29 heavy (non-hydrogen) atoms. The first kappa shape index (κ1) is 25.4. The number of nitrogens with one attached hydrogen (secondary N) is 2. The highest BCUT2D eigenvalue weighted by atomic mass is 127. The van der Waals surface area contributed by atoms with Crippen LogP contribution in [0.2, 0.25) is 0 Å². The van der Waals surface area contributed by atoms with Gasteiger partial charge in [-0.25, -0.2) is 4.98 Å². The van der Waals surface area contributed by atoms with Crippen LogP contribution in [-0.2, 0) is 13.1 Å². The van der Waals surface area contributed by atoms with Crippen molar-refractivity contribution in [2.45, 2.75) is 59.8 Å². The zero-order chi connectivity index (χ0) is 20.5. The summed E-state index contributed by atoms with van der Waals surface area (Å²) in [6.45, 7) is 14.4. The van der Waals surface area contributed by atoms with Gasteiger partial charge in [0.1, 0.15) is 5.82 Å². The highest BCUT2D eigenvalue weighted by molar-refractivity contribution is 14.0. The summed E-state index contributed by atoms with van der Waals surface area (Å²) in [5.74, 6) is 1.87. The lowest BCUT2D eigenvalue weighted by atomic mass is 10.1. The zero-order valence-corrected chi connectivity index (χ0v) is 21.0. The van der Waals surface area contributed by atoms with E-state index in [9.17, 15) is 0 Å². The van der Waals surface area contributed by atoms with Crippen molar-refractivity contribution in [3.8, 4) is 0 Å². The number of hydrogen-bond acceptors (Lipinski definition) is 3. The first-order valence-corrected chi connectivity index (χ1v) is 10.2. The molecule has 0 saturated heterocycles. The number of aliphatic imine (C=N–C) groups is 1. The van der Waals surface area contributed by atoms with Gasteiger partial charge in [0.25, 0.3) is 0 Å². The Balaban J connectivity index is 0.00000420. The van der Waals surface area contributed by atoms with Gasteiger partial charge in [-0.05, 0) is 45.7 Å². The number of rotatable bonds is 9. The summed E-state index contributed by atoms with van der Waals surface area (Å²) < 4.78 is 2.15. The Morgan fingerprint density at radius 2 is 1.83 bits per heavy atom. The molecule has 0 spiro atoms. The topological polar surface area (TPSA) is 57.5 Å². The van der Waals surface area contributed by atoms with Crippen molar-refractivity contribution in [1.82, 2.24) is 25.1 Å². The van der Waals surface area contributed by atoms with Crippen molar-refractivity contribution in [2.75, 3.05) is 20.1 Å². The van der Waals surface area contributed by atoms with Crippen LogP contribution in [0.25, 0.3) is 0 Å². The molecule has 0 bridgehead atoms. The maximum atomic E-state index is 4.35. The second kappa shape index (κ2) is 12.8. The second-order valence-corrected chi connectivity index (χ2v) is 7.70. The van der Waals surface area contributed by atoms with Crippen molar-refractivity contribution in [3.63, 3.8) is 0 Å². The lowest BCUT2D eigenvalue weighted by Crippen LogP contribution is -2.45. The van der Waals surface area contributed by atoms with Crippen molar-refractivity contribution < 1.29 is 0 Å². The van der Waals surface area contributed by atoms with Crippen LogP contribution in [0.4, 0.5) is 0 Å². The van der Waals surface area contributed by atoms with Gasteiger partial charge in [0, 0.05) is 57.7 Å². The molecule has 0 aliphatic heterocycles. The van der Waals surface area contributed by atoms with Crippen molar-refractivity contribution >= 4 is 29.9 Å². The SMILES string of the molecule is CN=C(NCCN(C(C)C)C(C)C)NCc1cccc(Cn2ccnc2C)c1.I. The van der Waals surface area contributed by atoms with E-state index in [1.807, 2.05) is 26.4 Å². The Kier molecular flexibility index (Phi) is 11.3. The normalized spacial score (nSPS) is 11.8. The maximum absolute atomic E-state index is 4.35. The molecule has 0 amide bonds. The first-order valence-electron chi connectivity index (χ1n) is 10.2. The lowest BCUT2D eigenvalue weighted by molar-refractivity contribution is 0.178. The molecule has 0 unspecified atom stereocenters. The number of aromatic nitrogens is 2. The number of hydrogen-bond donors (Lipinski definition) is 2. The van der Waals surface area contributed by atoms with Gasteiger partial charge in [0.05, 0.1) is 0 Å². The van der Waals surface area contributed by atoms with Gasteiger partial charge < -0.3 is 15.2 Å². The molecule has 1 aromatic heterocycles. The summed E-state index contributed by atoms with van der Waals surface area (Å²) >= 11 is 0. The molecule has 0 fully saturated rings. The number of nitrogens with zero attached hydrogens (tertiary/aromatic N) is 4. The molecule has 1 heterocycles. The smallest absolute Gasteiger partial charge is 0.191 e. The third kappa shape index (κ3) is 8.34. The molecular formula is C22H37IN6. The number of aryl methyl sites for hydroxylation is 1. The summed E-state index contributed by atoms with van der Waals surface area (Å²) in [7, 11) is 1.82. The van der Waals surface area contributed by atoms with Crippen molar-refractivity contribution in [3.05, 3.63) is 53.6 Å². The van der Waals surface area contributed by atoms with Crippen LogP contribution in [0, 0.1) is 6.92 Å². The van der Waals surface area contributed by atoms with Crippen LogP contribution < -0.4 is 10.6 Å². The molecule has 0 saturated carbocycles. The number of halogens is 1. The third-order valence-corrected chi connectivity index (χ3v) is 4.94. The number of benzene rings is 1. The Labute approximate surface area is 193 Å². The standard InChI is InChI=1S/C22H36N6.HI/c1-17(2)28(18(3)4)13-11-25-22(23-6)26-15-20-8-7-9-21(14-20)16-27-12-10-24-19(27)5;/h7-10,12,14,17-18H,11,13,15-16H2,1-6H3,(H2,23,25,26);1H. The van der Waals surface area contributed by atoms with E-state index in [0.29, 0.717) is 12.1 Å². The summed E-state index contributed by atoms with van der Waals surface area (Å²) in [5.41, 5.74) is 2.51. The van der Waals surface area contributed by atoms with E-state index in [1.165, 1.54) is 11.1 Å². The molecule has 7 heteroatoms. The van der Waals surface area contributed by atoms with Crippen LogP contribution in [0.1, 0.15) is 44.6 Å². The van der Waals surface area contributed by atoms with E-state index in [0.717, 1.165) is 38.0 Å². The molecule has 2 N–H and O–H groups in total. The Morgan fingerprint density at radius 3 is 2.41 bits per heavy atom. The van der Waals surface area contributed by atoms with Gasteiger partial charge in [0.2, 0.25) is 0 Å². The fourth-order valence-corrected chi connectivity index (χ4v) is 3.43. The van der Waals surface area contributed by atoms with E-state index in [2.05, 4.69) is 82.0 Å². The molecule has 162 valence electrons. The molecule has 2 aromatic rings. The average Bonchev–Trinajstić information content (AvgIpc) is 3.05. The maximum Gasteiger partial charge on any atom is 0.191 e. The van der Waals surface area contributed by atoms with Crippen LogP contribution >= 0.6 is 24.0 Å². The fraction of sp³-hybridized carbons (Fsp3) is 0.545. The number of guanidine groups is 1. The van der Waals surface area contributed by atoms with Gasteiger partial charge in [-0.3, -0.25) is 9.89 Å². The van der Waals surface area contributed by atoms with E-state index in [-0.39, 0.29) is 24.0 Å². The number of imidazole rings is 1.